The summed E-state index contributed by atoms with van der Waals surface area (Å²) in [4.78, 5) is 14.9. The van der Waals surface area contributed by atoms with E-state index in [2.05, 4.69) is 52.8 Å². The normalized spacial score (nSPS) is 38.8. The molecule has 1 aliphatic heterocycles. The zero-order chi connectivity index (χ0) is 23.2. The number of nitrogens with two attached hydrogens (primary N) is 2. The van der Waals surface area contributed by atoms with Gasteiger partial charge in [-0.05, 0) is 90.6 Å². The van der Waals surface area contributed by atoms with Gasteiger partial charge >= 0.3 is 0 Å². The number of nitrogens with one attached hydrogen (secondary N) is 1. The van der Waals surface area contributed by atoms with Gasteiger partial charge in [-0.25, -0.2) is 0 Å². The van der Waals surface area contributed by atoms with Crippen LogP contribution in [0.15, 0.2) is 64.0 Å². The molecule has 4 aliphatic carbocycles. The van der Waals surface area contributed by atoms with Crippen molar-refractivity contribution in [3.05, 3.63) is 69.3 Å². The second-order valence-electron chi connectivity index (χ2n) is 10.5. The van der Waals surface area contributed by atoms with Crippen molar-refractivity contribution in [1.29, 1.82) is 0 Å². The second kappa shape index (κ2) is 8.23. The minimum absolute atomic E-state index is 0.208. The van der Waals surface area contributed by atoms with Gasteiger partial charge in [0, 0.05) is 34.5 Å². The Morgan fingerprint density at radius 3 is 2.97 bits per heavy atom. The zero-order valence-corrected chi connectivity index (χ0v) is 19.3. The molecule has 0 aromatic heterocycles. The van der Waals surface area contributed by atoms with E-state index in [1.165, 1.54) is 16.7 Å². The molecule has 0 saturated heterocycles. The van der Waals surface area contributed by atoms with Crippen LogP contribution in [-0.4, -0.2) is 24.5 Å². The number of hydrogen-bond acceptors (Lipinski definition) is 4. The van der Waals surface area contributed by atoms with Crippen molar-refractivity contribution >= 4 is 5.91 Å². The maximum atomic E-state index is 11.7. The summed E-state index contributed by atoms with van der Waals surface area (Å²) in [6.07, 6.45) is 18.7. The monoisotopic (exact) mass is 446 g/mol. The first-order valence-corrected chi connectivity index (χ1v) is 12.3. The number of dihydropyridines is 1. The van der Waals surface area contributed by atoms with Crippen LogP contribution in [0.2, 0.25) is 0 Å². The summed E-state index contributed by atoms with van der Waals surface area (Å²) in [5, 5.41) is 7.58. The van der Waals surface area contributed by atoms with Crippen LogP contribution in [-0.2, 0) is 4.79 Å². The maximum Gasteiger partial charge on any atom is 0.248 e. The number of fused-ring (bicyclic) bond motifs is 5. The Morgan fingerprint density at radius 1 is 1.36 bits per heavy atom. The number of amides is 1. The molecule has 2 saturated carbocycles. The number of carbonyl (C=O) groups is 1. The van der Waals surface area contributed by atoms with Crippen LogP contribution < -0.4 is 16.8 Å². The van der Waals surface area contributed by atoms with Gasteiger partial charge in [-0.15, -0.1) is 0 Å². The van der Waals surface area contributed by atoms with Gasteiger partial charge in [0.1, 0.15) is 0 Å². The Bertz CT molecular complexity index is 1060. The molecule has 1 amide bonds. The largest absolute Gasteiger partial charge is 0.387 e. The van der Waals surface area contributed by atoms with Crippen molar-refractivity contribution in [2.75, 3.05) is 13.1 Å². The van der Waals surface area contributed by atoms with Gasteiger partial charge in [-0.3, -0.25) is 4.79 Å². The van der Waals surface area contributed by atoms with Crippen molar-refractivity contribution in [3.8, 4) is 0 Å². The van der Waals surface area contributed by atoms with Gasteiger partial charge in [0.15, 0.2) is 0 Å². The van der Waals surface area contributed by atoms with E-state index in [1.807, 2.05) is 6.08 Å². The van der Waals surface area contributed by atoms with Crippen LogP contribution >= 0.6 is 0 Å². The summed E-state index contributed by atoms with van der Waals surface area (Å²) in [5.74, 6) is 0.890. The molecule has 4 unspecified atom stereocenters. The summed E-state index contributed by atoms with van der Waals surface area (Å²) in [7, 11) is 0. The van der Waals surface area contributed by atoms with Crippen molar-refractivity contribution in [2.24, 2.45) is 45.7 Å². The lowest BCUT2D eigenvalue weighted by Crippen LogP contribution is -2.65. The standard InChI is InChI=1S/C26H34N6O/c1-2-16-11-19(14-30-13-16)21-5-6-23-25(21,15-31-32-29)9-8-22-20-4-3-18(24(27)33)12-17(20)7-10-26(22,23)28/h3-5,11-13,17,20,22-23,30H,2,6-10,14-15,28H2,1H3,(H2,27,33)/t17?,20?,22?,23?,25-,26-/m0/s1. The molecule has 6 atom stereocenters. The third-order valence-corrected chi connectivity index (χ3v) is 9.16. The lowest BCUT2D eigenvalue weighted by atomic mass is 9.46. The highest BCUT2D eigenvalue weighted by Gasteiger charge is 2.62. The Labute approximate surface area is 195 Å². The molecule has 5 N–H and O–H groups in total. The van der Waals surface area contributed by atoms with Gasteiger partial charge in [0.25, 0.3) is 0 Å². The molecule has 0 bridgehead atoms. The van der Waals surface area contributed by atoms with Gasteiger partial charge in [0.2, 0.25) is 5.91 Å². The molecule has 1 heterocycles. The number of primary amides is 1. The Balaban J connectivity index is 1.49. The lowest BCUT2D eigenvalue weighted by Gasteiger charge is -2.60. The first-order valence-electron chi connectivity index (χ1n) is 12.3. The van der Waals surface area contributed by atoms with Crippen LogP contribution in [0.3, 0.4) is 0 Å². The van der Waals surface area contributed by atoms with Gasteiger partial charge < -0.3 is 16.8 Å². The number of azide groups is 1. The summed E-state index contributed by atoms with van der Waals surface area (Å²) < 4.78 is 0. The fourth-order valence-electron chi connectivity index (χ4n) is 7.66. The second-order valence-corrected chi connectivity index (χ2v) is 10.5. The molecule has 5 rings (SSSR count). The SMILES string of the molecule is CCC1=CNCC(C2=CCC3[C@]2(CN=[N+]=[N-])CCC2C4C=CC(C(N)=O)=CC4CC[C@]23N)=C1. The van der Waals surface area contributed by atoms with E-state index < -0.39 is 0 Å². The van der Waals surface area contributed by atoms with Crippen molar-refractivity contribution in [3.63, 3.8) is 0 Å². The van der Waals surface area contributed by atoms with Gasteiger partial charge in [0.05, 0.1) is 0 Å². The summed E-state index contributed by atoms with van der Waals surface area (Å²) in [5.41, 5.74) is 26.2. The molecule has 7 heteroatoms. The van der Waals surface area contributed by atoms with Crippen LogP contribution in [0.4, 0.5) is 0 Å². The quantitative estimate of drug-likeness (QED) is 0.333. The molecule has 0 spiro atoms. The third-order valence-electron chi connectivity index (χ3n) is 9.16. The van der Waals surface area contributed by atoms with Gasteiger partial charge in [-0.2, -0.15) is 0 Å². The summed E-state index contributed by atoms with van der Waals surface area (Å²) >= 11 is 0. The molecule has 174 valence electrons. The molecule has 0 aromatic carbocycles. The Hall–Kier alpha value is -2.76. The summed E-state index contributed by atoms with van der Waals surface area (Å²) in [6.45, 7) is 3.43. The molecule has 33 heavy (non-hydrogen) atoms. The van der Waals surface area contributed by atoms with E-state index >= 15 is 0 Å². The summed E-state index contributed by atoms with van der Waals surface area (Å²) in [6, 6.07) is 0. The maximum absolute atomic E-state index is 11.7. The van der Waals surface area contributed by atoms with Gasteiger partial charge in [-0.1, -0.05) is 42.4 Å². The van der Waals surface area contributed by atoms with E-state index in [0.717, 1.165) is 45.1 Å². The predicted octanol–water partition coefficient (Wildman–Crippen LogP) is 4.17. The van der Waals surface area contributed by atoms with Crippen LogP contribution in [0.1, 0.15) is 45.4 Å². The number of carbonyl (C=O) groups excluding carboxylic acids is 1. The molecular weight excluding hydrogens is 412 g/mol. The number of nitrogens with zero attached hydrogens (tertiary/aromatic N) is 3. The molecule has 0 aromatic rings. The molecular formula is C26H34N6O. The highest BCUT2D eigenvalue weighted by molar-refractivity contribution is 5.95. The van der Waals surface area contributed by atoms with E-state index in [4.69, 9.17) is 11.5 Å². The average Bonchev–Trinajstić information content (AvgIpc) is 3.23. The van der Waals surface area contributed by atoms with Crippen LogP contribution in [0.5, 0.6) is 0 Å². The molecule has 7 nitrogen and oxygen atoms in total. The highest BCUT2D eigenvalue weighted by Crippen LogP contribution is 2.64. The first kappa shape index (κ1) is 22.1. The third kappa shape index (κ3) is 3.37. The first-order chi connectivity index (χ1) is 15.9. The van der Waals surface area contributed by atoms with Crippen LogP contribution in [0, 0.1) is 29.1 Å². The minimum Gasteiger partial charge on any atom is -0.387 e. The number of rotatable bonds is 5. The molecule has 2 fully saturated rings. The van der Waals surface area contributed by atoms with Crippen LogP contribution in [0.25, 0.3) is 10.4 Å². The van der Waals surface area contributed by atoms with E-state index in [0.29, 0.717) is 29.9 Å². The minimum atomic E-state index is -0.356. The molecule has 5 aliphatic rings. The van der Waals surface area contributed by atoms with Crippen molar-refractivity contribution in [1.82, 2.24) is 5.32 Å². The predicted molar refractivity (Wildman–Crippen MR) is 129 cm³/mol. The number of hydrogen-bond donors (Lipinski definition) is 3. The Morgan fingerprint density at radius 2 is 2.21 bits per heavy atom. The lowest BCUT2D eigenvalue weighted by molar-refractivity contribution is -0.114. The van der Waals surface area contributed by atoms with E-state index in [9.17, 15) is 10.3 Å². The number of allylic oxidation sites excluding steroid dienone is 5. The highest BCUT2D eigenvalue weighted by atomic mass is 16.1. The fraction of sp³-hybridized carbons (Fsp3) is 0.577. The zero-order valence-electron chi connectivity index (χ0n) is 19.3. The fourth-order valence-corrected chi connectivity index (χ4v) is 7.66. The molecule has 0 radical (unpaired) electrons. The van der Waals surface area contributed by atoms with Crippen molar-refractivity contribution in [2.45, 2.75) is 51.0 Å². The van der Waals surface area contributed by atoms with Crippen molar-refractivity contribution < 1.29 is 4.79 Å². The van der Waals surface area contributed by atoms with E-state index in [1.54, 1.807) is 0 Å². The smallest absolute Gasteiger partial charge is 0.248 e. The average molecular weight is 447 g/mol. The topological polar surface area (TPSA) is 130 Å². The van der Waals surface area contributed by atoms with E-state index in [-0.39, 0.29) is 22.8 Å². The Kier molecular flexibility index (Phi) is 5.50.